The van der Waals surface area contributed by atoms with Crippen molar-refractivity contribution in [3.8, 4) is 0 Å². The number of likely N-dealkylation sites (tertiary alicyclic amines) is 1. The number of allylic oxidation sites excluding steroid dienone is 3. The van der Waals surface area contributed by atoms with Gasteiger partial charge < -0.3 is 115 Å². The molecule has 3 aromatic carbocycles. The number of primary amides is 1. The molecule has 20 N–H and O–H groups in total. The minimum atomic E-state index is -2.22. The maximum atomic E-state index is 16.2. The van der Waals surface area contributed by atoms with Gasteiger partial charge in [-0.25, -0.2) is 9.59 Å². The van der Waals surface area contributed by atoms with Gasteiger partial charge in [-0.2, -0.15) is 11.3 Å². The Morgan fingerprint density at radius 1 is 0.510 bits per heavy atom. The fourth-order valence-electron chi connectivity index (χ4n) is 19.5. The molecule has 5 aliphatic heterocycles. The van der Waals surface area contributed by atoms with Gasteiger partial charge in [0, 0.05) is 63.4 Å². The zero-order valence-electron chi connectivity index (χ0n) is 84.4. The molecule has 0 unspecified atom stereocenters. The number of benzene rings is 3. The SMILES string of the molecule is CC(=O)N1CCC[C@]12C/C=C\CCC[C@]1(CCC/C=C/CCCOC(=O)N3CC[C@@]4(C3)NC(=O)[C@H](CCCCNC(=O)CC[C@@H](C(=O)N[C@@H](C)C(N)=O)NC(=O)[C@H](Cc3csc5ccccc35)NC(=O)[C@H](Cc3ccsc3)NC4=O)NC(=O)[C@H](Cc3ccccc3)NC(=O)[C@H](C)NC(=O)C3(CCCC3)NC(=O)[C@H](Cc3cccc(C(=O)O)c3)NC(=O)[C@H](CC(=O)O)NC1=O)NC(=O)[C@H](CC(C)(C)C)NC(=O)[C@H](CC(=O)O)NC2=O. The van der Waals surface area contributed by atoms with E-state index in [0.29, 0.717) is 23.1 Å². The molecule has 149 heavy (non-hydrogen) atoms. The van der Waals surface area contributed by atoms with Gasteiger partial charge in [0.2, 0.25) is 100 Å². The zero-order chi connectivity index (χ0) is 108. The van der Waals surface area contributed by atoms with Crippen molar-refractivity contribution < 1.29 is 121 Å². The van der Waals surface area contributed by atoms with Gasteiger partial charge in [0.05, 0.1) is 31.6 Å². The van der Waals surface area contributed by atoms with Crippen molar-refractivity contribution in [2.24, 2.45) is 11.1 Å². The number of rotatable bonds is 17. The number of aliphatic carboxylic acids is 2. The van der Waals surface area contributed by atoms with E-state index in [0.717, 1.165) is 15.0 Å². The van der Waals surface area contributed by atoms with Crippen LogP contribution in [0, 0.1) is 5.41 Å². The lowest BCUT2D eigenvalue weighted by Crippen LogP contribution is -2.67. The number of nitrogens with one attached hydrogen (secondary N) is 15. The van der Waals surface area contributed by atoms with E-state index in [1.807, 2.05) is 18.2 Å². The Morgan fingerprint density at radius 3 is 1.70 bits per heavy atom. The van der Waals surface area contributed by atoms with Crippen LogP contribution >= 0.6 is 22.7 Å². The molecule has 7 heterocycles. The fraction of sp³-hybridized carbons (Fsp3) is 0.529. The predicted molar refractivity (Wildman–Crippen MR) is 545 cm³/mol. The Hall–Kier alpha value is -14.5. The standard InChI is InChI=1S/C104H136N18O25S2/c1-61(83(105)129)107-85(131)71-35-36-80(124)106-45-24-18-33-70-91(137)120-103(97(144)115-73(53-66-37-49-148-58-66)87(133)113-75(88(134)110-71)54-68-59-149-79-34-17-16-32-69(68)79)44-47-121(60-103)99(146)147-48-25-12-8-7-9-19-38-102(39-20-10-11-21-42-104(43-27-46-122(104)63(3)123)98(145)117-77(56-82(127)128)90(136)114-78(93(139)119-102)57-100(4,5)6)96(143)116-76(55-81(125)126)89(135)112-74(52-65-30-26-31-67(50-65)94(140)141)92(138)118-101(40-22-23-41-101)95(142)108-62(2)84(130)111-72(86(132)109-70)51-64-28-14-13-15-29-64/h7-8,11,13-17,21,26,28-32,34,37,49-50,58-59,61-62,70-78H,9-10,12,18-20,22-25,27,33,35-36,38-48,51-57,60H2,1-6H3,(H2,105,129)(H,106,124)(H,107,131)(H,108,142)(H,109,132)(H,110,134)(H,111,130)(H,112,135)(H,113,133)(H,114,136)(H,115,144)(H,116,143)(H,117,145)(H,118,138)(H,119,139)(H,120,137)(H,125,126)(H,127,128)(H,140,141)/b8-7+,21-11-/t61-,62-,70-,71-,72-,73-,74-,75-,76-,77-,78-,102-,103-,104-/m0/s1. The number of carboxylic acids is 3. The number of carboxylic acid groups (broad SMARTS) is 3. The van der Waals surface area contributed by atoms with Crippen LogP contribution in [0.15, 0.2) is 125 Å². The quantitative estimate of drug-likeness (QED) is 0.0594. The molecule has 45 heteroatoms. The highest BCUT2D eigenvalue weighted by Gasteiger charge is 2.54. The first-order valence-corrected chi connectivity index (χ1v) is 52.3. The molecule has 11 rings (SSSR count). The van der Waals surface area contributed by atoms with Crippen LogP contribution in [-0.4, -0.2) is 271 Å². The molecule has 18 amide bonds. The summed E-state index contributed by atoms with van der Waals surface area (Å²) >= 11 is 2.61. The summed E-state index contributed by atoms with van der Waals surface area (Å²) in [4.78, 5) is 311. The summed E-state index contributed by atoms with van der Waals surface area (Å²) in [5.41, 5.74) is -1.84. The highest BCUT2D eigenvalue weighted by molar-refractivity contribution is 7.17. The summed E-state index contributed by atoms with van der Waals surface area (Å²) in [6, 6.07) is 4.12. The third-order valence-electron chi connectivity index (χ3n) is 27.7. The van der Waals surface area contributed by atoms with Crippen molar-refractivity contribution in [3.63, 3.8) is 0 Å². The number of carbonyl (C=O) groups is 21. The Balaban J connectivity index is 0.985. The number of carbonyl (C=O) groups excluding carboxylic acids is 18. The van der Waals surface area contributed by atoms with Crippen molar-refractivity contribution in [1.82, 2.24) is 89.6 Å². The average molecular weight is 2100 g/mol. The van der Waals surface area contributed by atoms with Crippen LogP contribution < -0.4 is 85.5 Å². The van der Waals surface area contributed by atoms with Gasteiger partial charge in [-0.05, 0) is 209 Å². The normalized spacial score (nSPS) is 26.9. The van der Waals surface area contributed by atoms with E-state index in [9.17, 15) is 63.3 Å². The van der Waals surface area contributed by atoms with Gasteiger partial charge in [0.15, 0.2) is 0 Å². The summed E-state index contributed by atoms with van der Waals surface area (Å²) in [6.07, 6.45) is 1.34. The number of ether oxygens (including phenoxy) is 1. The number of amides is 18. The largest absolute Gasteiger partial charge is 0.481 e. The van der Waals surface area contributed by atoms with Crippen molar-refractivity contribution in [2.45, 2.75) is 310 Å². The molecule has 3 bridgehead atoms. The molecule has 1 saturated carbocycles. The number of thiophene rings is 2. The molecule has 6 aliphatic rings. The monoisotopic (exact) mass is 2100 g/mol. The Kier molecular flexibility index (Phi) is 40.7. The van der Waals surface area contributed by atoms with Gasteiger partial charge in [-0.3, -0.25) is 91.1 Å². The molecule has 0 radical (unpaired) electrons. The van der Waals surface area contributed by atoms with Crippen molar-refractivity contribution in [2.75, 3.05) is 32.8 Å². The van der Waals surface area contributed by atoms with E-state index in [2.05, 4.69) is 79.8 Å². The molecule has 43 nitrogen and oxygen atoms in total. The van der Waals surface area contributed by atoms with Crippen LogP contribution in [-0.2, 0) is 122 Å². The van der Waals surface area contributed by atoms with Crippen molar-refractivity contribution in [1.29, 1.82) is 0 Å². The Bertz CT molecular complexity index is 5820. The molecule has 3 saturated heterocycles. The maximum absolute atomic E-state index is 16.2. The van der Waals surface area contributed by atoms with Gasteiger partial charge in [-0.15, -0.1) is 11.3 Å². The van der Waals surface area contributed by atoms with Gasteiger partial charge >= 0.3 is 24.0 Å². The number of aromatic carboxylic acids is 1. The molecule has 4 fully saturated rings. The molecule has 2 aromatic heterocycles. The molecular formula is C104H136N18O25S2. The summed E-state index contributed by atoms with van der Waals surface area (Å²) in [5, 5.41) is 78.0. The Morgan fingerprint density at radius 2 is 1.05 bits per heavy atom. The molecule has 1 aliphatic carbocycles. The lowest BCUT2D eigenvalue weighted by atomic mass is 9.83. The van der Waals surface area contributed by atoms with E-state index in [4.69, 9.17) is 10.5 Å². The maximum Gasteiger partial charge on any atom is 0.409 e. The van der Waals surface area contributed by atoms with Crippen molar-refractivity contribution in [3.05, 3.63) is 153 Å². The summed E-state index contributed by atoms with van der Waals surface area (Å²) in [5.74, 6) is -21.0. The Labute approximate surface area is 869 Å². The first-order chi connectivity index (χ1) is 70.9. The second-order valence-corrected chi connectivity index (χ2v) is 42.1. The van der Waals surface area contributed by atoms with Gasteiger partial charge in [0.1, 0.15) is 88.6 Å². The average Bonchev–Trinajstić information content (AvgIpc) is 1.66. The van der Waals surface area contributed by atoms with E-state index in [1.54, 1.807) is 104 Å². The second kappa shape index (κ2) is 52.9. The smallest absolute Gasteiger partial charge is 0.409 e. The zero-order valence-corrected chi connectivity index (χ0v) is 86.1. The van der Waals surface area contributed by atoms with E-state index in [1.165, 1.54) is 72.6 Å². The number of hydrogen-bond acceptors (Lipinski definition) is 24. The lowest BCUT2D eigenvalue weighted by Gasteiger charge is -2.38. The molecule has 5 aromatic rings. The molecule has 804 valence electrons. The van der Waals surface area contributed by atoms with Crippen LogP contribution in [0.3, 0.4) is 0 Å². The van der Waals surface area contributed by atoms with Crippen LogP contribution in [0.1, 0.15) is 228 Å². The van der Waals surface area contributed by atoms with Crippen LogP contribution in [0.5, 0.6) is 0 Å². The minimum absolute atomic E-state index is 0.00320. The summed E-state index contributed by atoms with van der Waals surface area (Å²) in [6.45, 7) is 7.86. The van der Waals surface area contributed by atoms with E-state index in [-0.39, 0.29) is 185 Å². The molecule has 4 spiro atoms. The number of cyclic esters (lactones) is 1. The van der Waals surface area contributed by atoms with Crippen LogP contribution in [0.25, 0.3) is 10.1 Å². The number of nitrogens with zero attached hydrogens (tertiary/aromatic N) is 2. The third-order valence-corrected chi connectivity index (χ3v) is 29.5. The minimum Gasteiger partial charge on any atom is -0.481 e. The fourth-order valence-corrected chi connectivity index (χ4v) is 21.2. The lowest BCUT2D eigenvalue weighted by molar-refractivity contribution is -0.146. The first-order valence-electron chi connectivity index (χ1n) is 50.5. The highest BCUT2D eigenvalue weighted by Crippen LogP contribution is 2.37. The summed E-state index contributed by atoms with van der Waals surface area (Å²) < 4.78 is 6.73. The van der Waals surface area contributed by atoms with Crippen molar-refractivity contribution >= 4 is 157 Å². The first kappa shape index (κ1) is 115. The van der Waals surface area contributed by atoms with E-state index < -0.39 is 251 Å². The second-order valence-electron chi connectivity index (χ2n) is 40.4. The van der Waals surface area contributed by atoms with Crippen LogP contribution in [0.4, 0.5) is 4.79 Å². The molecule has 14 atom stereocenters. The topological polar surface area (TPSA) is 641 Å². The number of nitrogens with two attached hydrogens (primary N) is 1. The predicted octanol–water partition coefficient (Wildman–Crippen LogP) is 3.27. The third kappa shape index (κ3) is 32.0. The highest BCUT2D eigenvalue weighted by atomic mass is 32.1. The number of hydrogen-bond donors (Lipinski definition) is 19. The number of fused-ring (bicyclic) bond motifs is 4. The van der Waals surface area contributed by atoms with Gasteiger partial charge in [0.25, 0.3) is 0 Å². The van der Waals surface area contributed by atoms with Gasteiger partial charge in [-0.1, -0.05) is 119 Å². The summed E-state index contributed by atoms with van der Waals surface area (Å²) in [7, 11) is 0. The van der Waals surface area contributed by atoms with Crippen LogP contribution in [0.2, 0.25) is 0 Å². The van der Waals surface area contributed by atoms with E-state index >= 15 is 52.7 Å². The molecular weight excluding hydrogens is 1970 g/mol.